The highest BCUT2D eigenvalue weighted by Crippen LogP contribution is 2.77. The summed E-state index contributed by atoms with van der Waals surface area (Å²) in [6, 6.07) is 0. The molecule has 0 saturated heterocycles. The van der Waals surface area contributed by atoms with Crippen LogP contribution < -0.4 is 0 Å². The van der Waals surface area contributed by atoms with Crippen LogP contribution >= 0.6 is 0 Å². The Bertz CT molecular complexity index is 857. The standard InChI is InChI=1S/C29H44O2/c1-18-17-22-27(5,24(31)23(18)30)14-16-28(6)21-11-12-25(3)19(2)9-8-10-20(25)26(21,4)13-15-29(22,28)7/h8-9,18,20-22,24,31H,2,10-17H2,1,3-7H3/t18-,20-,21+,22-,24-,25-,26+,27-,28-,29+/m1/s1. The minimum atomic E-state index is -0.780. The highest BCUT2D eigenvalue weighted by molar-refractivity contribution is 5.86. The quantitative estimate of drug-likeness (QED) is 0.468. The molecule has 0 amide bonds. The molecule has 0 radical (unpaired) electrons. The lowest BCUT2D eigenvalue weighted by Crippen LogP contribution is -2.69. The molecule has 0 aromatic rings. The Morgan fingerprint density at radius 1 is 0.903 bits per heavy atom. The number of aliphatic hydroxyl groups is 1. The summed E-state index contributed by atoms with van der Waals surface area (Å²) in [4.78, 5) is 12.8. The first-order valence-electron chi connectivity index (χ1n) is 12.9. The highest BCUT2D eigenvalue weighted by atomic mass is 16.3. The lowest BCUT2D eigenvalue weighted by molar-refractivity contribution is -0.254. The first kappa shape index (κ1) is 21.9. The van der Waals surface area contributed by atoms with E-state index in [1.165, 1.54) is 37.7 Å². The first-order valence-corrected chi connectivity index (χ1v) is 12.9. The summed E-state index contributed by atoms with van der Waals surface area (Å²) in [5, 5.41) is 11.1. The zero-order valence-corrected chi connectivity index (χ0v) is 20.8. The Labute approximate surface area is 190 Å². The van der Waals surface area contributed by atoms with Crippen molar-refractivity contribution in [3.8, 4) is 0 Å². The molecule has 4 fully saturated rings. The molecule has 0 bridgehead atoms. The second-order valence-corrected chi connectivity index (χ2v) is 13.6. The number of ketones is 1. The van der Waals surface area contributed by atoms with Gasteiger partial charge in [-0.05, 0) is 96.4 Å². The van der Waals surface area contributed by atoms with E-state index in [9.17, 15) is 9.90 Å². The molecule has 2 nitrogen and oxygen atoms in total. The minimum Gasteiger partial charge on any atom is -0.385 e. The Morgan fingerprint density at radius 2 is 1.52 bits per heavy atom. The van der Waals surface area contributed by atoms with Crippen molar-refractivity contribution in [1.82, 2.24) is 0 Å². The topological polar surface area (TPSA) is 37.3 Å². The maximum Gasteiger partial charge on any atom is 0.164 e. The Morgan fingerprint density at radius 3 is 2.19 bits per heavy atom. The molecular formula is C29H44O2. The molecule has 0 unspecified atom stereocenters. The van der Waals surface area contributed by atoms with Crippen molar-refractivity contribution in [2.24, 2.45) is 50.7 Å². The summed E-state index contributed by atoms with van der Waals surface area (Å²) in [6.07, 6.45) is 13.3. The molecule has 0 aromatic heterocycles. The van der Waals surface area contributed by atoms with Gasteiger partial charge in [0.25, 0.3) is 0 Å². The van der Waals surface area contributed by atoms with Crippen molar-refractivity contribution in [3.05, 3.63) is 24.3 Å². The lowest BCUT2D eigenvalue weighted by atomic mass is 9.30. The van der Waals surface area contributed by atoms with E-state index in [4.69, 9.17) is 0 Å². The predicted molar refractivity (Wildman–Crippen MR) is 126 cm³/mol. The summed E-state index contributed by atoms with van der Waals surface area (Å²) < 4.78 is 0. The van der Waals surface area contributed by atoms with Gasteiger partial charge in [0.05, 0.1) is 0 Å². The van der Waals surface area contributed by atoms with E-state index >= 15 is 0 Å². The van der Waals surface area contributed by atoms with E-state index in [-0.39, 0.29) is 33.4 Å². The third kappa shape index (κ3) is 2.42. The third-order valence-electron chi connectivity index (χ3n) is 12.7. The lowest BCUT2D eigenvalue weighted by Gasteiger charge is -2.74. The van der Waals surface area contributed by atoms with Crippen molar-refractivity contribution >= 4 is 5.78 Å². The summed E-state index contributed by atoms with van der Waals surface area (Å²) >= 11 is 0. The maximum atomic E-state index is 12.8. The van der Waals surface area contributed by atoms with Gasteiger partial charge in [0.1, 0.15) is 6.10 Å². The molecule has 10 atom stereocenters. The summed E-state index contributed by atoms with van der Waals surface area (Å²) in [6.45, 7) is 19.1. The van der Waals surface area contributed by atoms with Crippen LogP contribution in [-0.2, 0) is 4.79 Å². The number of carbonyl (C=O) groups is 1. The molecule has 5 rings (SSSR count). The summed E-state index contributed by atoms with van der Waals surface area (Å²) in [7, 11) is 0. The third-order valence-corrected chi connectivity index (χ3v) is 12.7. The van der Waals surface area contributed by atoms with Gasteiger partial charge in [-0.15, -0.1) is 0 Å². The SMILES string of the molecule is C=C1C=CC[C@H]2[C@]3(C)CC[C@@]4(C)[C@@H]5C[C@@H](C)C(=O)[C@@H](O)[C@]5(C)CC[C@]4(C)[C@H]3CC[C@]12C. The molecule has 2 heteroatoms. The van der Waals surface area contributed by atoms with Gasteiger partial charge in [-0.1, -0.05) is 60.3 Å². The summed E-state index contributed by atoms with van der Waals surface area (Å²) in [5.74, 6) is 1.91. The zero-order chi connectivity index (χ0) is 22.6. The van der Waals surface area contributed by atoms with Gasteiger partial charge in [-0.25, -0.2) is 0 Å². The smallest absolute Gasteiger partial charge is 0.164 e. The molecule has 5 aliphatic rings. The van der Waals surface area contributed by atoms with Crippen LogP contribution in [0, 0.1) is 50.7 Å². The van der Waals surface area contributed by atoms with E-state index in [1.807, 2.05) is 0 Å². The van der Waals surface area contributed by atoms with Crippen LogP contribution in [-0.4, -0.2) is 17.0 Å². The Hall–Kier alpha value is -0.890. The van der Waals surface area contributed by atoms with Crippen LogP contribution in [0.1, 0.15) is 92.9 Å². The van der Waals surface area contributed by atoms with Crippen molar-refractivity contribution in [3.63, 3.8) is 0 Å². The number of fused-ring (bicyclic) bond motifs is 7. The van der Waals surface area contributed by atoms with E-state index in [0.717, 1.165) is 19.3 Å². The Kier molecular flexibility index (Phi) is 4.50. The molecule has 31 heavy (non-hydrogen) atoms. The van der Waals surface area contributed by atoms with Gasteiger partial charge < -0.3 is 5.11 Å². The molecule has 5 aliphatic carbocycles. The number of carbonyl (C=O) groups excluding carboxylic acids is 1. The fourth-order valence-electron chi connectivity index (χ4n) is 10.4. The number of Topliss-reactive ketones (excluding diaryl/α,β-unsaturated/α-hetero) is 1. The average Bonchev–Trinajstić information content (AvgIpc) is 2.72. The molecule has 172 valence electrons. The largest absolute Gasteiger partial charge is 0.385 e. The highest BCUT2D eigenvalue weighted by Gasteiger charge is 2.71. The van der Waals surface area contributed by atoms with Gasteiger partial charge in [-0.2, -0.15) is 0 Å². The molecule has 0 aromatic carbocycles. The second kappa shape index (κ2) is 6.37. The molecule has 0 spiro atoms. The molecular weight excluding hydrogens is 380 g/mol. The average molecular weight is 425 g/mol. The second-order valence-electron chi connectivity index (χ2n) is 13.6. The van der Waals surface area contributed by atoms with Crippen molar-refractivity contribution in [2.75, 3.05) is 0 Å². The van der Waals surface area contributed by atoms with Crippen LogP contribution in [0.15, 0.2) is 24.3 Å². The van der Waals surface area contributed by atoms with Gasteiger partial charge in [0, 0.05) is 11.3 Å². The van der Waals surface area contributed by atoms with E-state index in [0.29, 0.717) is 23.2 Å². The number of hydrogen-bond donors (Lipinski definition) is 1. The monoisotopic (exact) mass is 424 g/mol. The van der Waals surface area contributed by atoms with Crippen LogP contribution in [0.3, 0.4) is 0 Å². The van der Waals surface area contributed by atoms with Gasteiger partial charge in [0.15, 0.2) is 5.78 Å². The number of rotatable bonds is 0. The Balaban J connectivity index is 1.57. The van der Waals surface area contributed by atoms with Crippen molar-refractivity contribution < 1.29 is 9.90 Å². The van der Waals surface area contributed by atoms with Gasteiger partial charge in [-0.3, -0.25) is 4.79 Å². The molecule has 0 heterocycles. The van der Waals surface area contributed by atoms with Crippen LogP contribution in [0.2, 0.25) is 0 Å². The minimum absolute atomic E-state index is 0.0120. The number of hydrogen-bond acceptors (Lipinski definition) is 2. The molecule has 4 saturated carbocycles. The van der Waals surface area contributed by atoms with Crippen LogP contribution in [0.25, 0.3) is 0 Å². The van der Waals surface area contributed by atoms with Crippen LogP contribution in [0.4, 0.5) is 0 Å². The van der Waals surface area contributed by atoms with Crippen molar-refractivity contribution in [1.29, 1.82) is 0 Å². The number of allylic oxidation sites excluding steroid dienone is 3. The maximum absolute atomic E-state index is 12.8. The van der Waals surface area contributed by atoms with E-state index in [2.05, 4.69) is 60.3 Å². The normalized spacial score (nSPS) is 58.7. The summed E-state index contributed by atoms with van der Waals surface area (Å²) in [5.41, 5.74) is 2.15. The van der Waals surface area contributed by atoms with Crippen LogP contribution in [0.5, 0.6) is 0 Å². The zero-order valence-electron chi connectivity index (χ0n) is 20.8. The van der Waals surface area contributed by atoms with Gasteiger partial charge in [0.2, 0.25) is 0 Å². The van der Waals surface area contributed by atoms with E-state index < -0.39 is 6.10 Å². The predicted octanol–water partition coefficient (Wildman–Crippen LogP) is 6.73. The molecule has 1 N–H and O–H groups in total. The van der Waals surface area contributed by atoms with E-state index in [1.54, 1.807) is 0 Å². The fourth-order valence-corrected chi connectivity index (χ4v) is 10.4. The molecule has 0 aliphatic heterocycles. The number of aliphatic hydroxyl groups excluding tert-OH is 1. The fraction of sp³-hybridized carbons (Fsp3) is 0.828. The van der Waals surface area contributed by atoms with Gasteiger partial charge >= 0.3 is 0 Å². The first-order chi connectivity index (χ1) is 14.3. The van der Waals surface area contributed by atoms with Crippen molar-refractivity contribution in [2.45, 2.75) is 99.0 Å².